The van der Waals surface area contributed by atoms with Gasteiger partial charge in [-0.15, -0.1) is 0 Å². The molecule has 0 aromatic heterocycles. The van der Waals surface area contributed by atoms with Gasteiger partial charge in [-0.2, -0.15) is 0 Å². The molecule has 1 N–H and O–H groups in total. The molecule has 0 saturated heterocycles. The minimum absolute atomic E-state index is 0.806. The molecule has 0 fully saturated rings. The molecule has 0 bridgehead atoms. The highest BCUT2D eigenvalue weighted by molar-refractivity contribution is 6.26. The van der Waals surface area contributed by atoms with Crippen molar-refractivity contribution in [1.29, 1.82) is 0 Å². The Balaban J connectivity index is 2.29. The number of aliphatic imine (C=N–C) groups is 3. The smallest absolute Gasteiger partial charge is 0.134 e. The number of nitrogens with zero attached hydrogens (tertiary/aromatic N) is 3. The zero-order chi connectivity index (χ0) is 12.0. The van der Waals surface area contributed by atoms with E-state index < -0.39 is 0 Å². The third kappa shape index (κ3) is 1.27. The minimum atomic E-state index is 0.806. The molecule has 0 unspecified atom stereocenters. The van der Waals surface area contributed by atoms with Gasteiger partial charge < -0.3 is 5.32 Å². The largest absolute Gasteiger partial charge is 0.325 e. The second-order valence-corrected chi connectivity index (χ2v) is 3.96. The standard InChI is InChI=1S/C13H12N4/c1-7-9-5-11-10(4-8(9)6-16-7)12(14-2)17-13(11)15-3/h4-6H,1H2,2-3H3,(H,14,15,17). The first kappa shape index (κ1) is 9.96. The van der Waals surface area contributed by atoms with Crippen LogP contribution in [-0.4, -0.2) is 32.0 Å². The molecule has 4 nitrogen and oxygen atoms in total. The molecule has 0 aliphatic carbocycles. The quantitative estimate of drug-likeness (QED) is 0.712. The Morgan fingerprint density at radius 3 is 2.35 bits per heavy atom. The lowest BCUT2D eigenvalue weighted by atomic mass is 10.00. The summed E-state index contributed by atoms with van der Waals surface area (Å²) >= 11 is 0. The van der Waals surface area contributed by atoms with Crippen LogP contribution >= 0.6 is 0 Å². The van der Waals surface area contributed by atoms with Crippen molar-refractivity contribution in [3.63, 3.8) is 0 Å². The van der Waals surface area contributed by atoms with Crippen LogP contribution in [0, 0.1) is 0 Å². The van der Waals surface area contributed by atoms with Gasteiger partial charge in [0.25, 0.3) is 0 Å². The average Bonchev–Trinajstić information content (AvgIpc) is 2.88. The van der Waals surface area contributed by atoms with Gasteiger partial charge >= 0.3 is 0 Å². The molecule has 0 amide bonds. The van der Waals surface area contributed by atoms with E-state index in [2.05, 4.69) is 39.0 Å². The third-order valence-corrected chi connectivity index (χ3v) is 3.05. The van der Waals surface area contributed by atoms with Gasteiger partial charge in [0.1, 0.15) is 11.7 Å². The highest BCUT2D eigenvalue weighted by Crippen LogP contribution is 2.29. The van der Waals surface area contributed by atoms with E-state index in [1.165, 1.54) is 0 Å². The van der Waals surface area contributed by atoms with Gasteiger partial charge in [0.2, 0.25) is 0 Å². The van der Waals surface area contributed by atoms with Crippen LogP contribution in [0.4, 0.5) is 0 Å². The predicted molar refractivity (Wildman–Crippen MR) is 71.1 cm³/mol. The molecule has 4 heteroatoms. The fourth-order valence-corrected chi connectivity index (χ4v) is 2.18. The summed E-state index contributed by atoms with van der Waals surface area (Å²) in [5, 5.41) is 3.20. The average molecular weight is 224 g/mol. The Morgan fingerprint density at radius 1 is 1.06 bits per heavy atom. The molecule has 17 heavy (non-hydrogen) atoms. The minimum Gasteiger partial charge on any atom is -0.325 e. The van der Waals surface area contributed by atoms with Gasteiger partial charge in [0, 0.05) is 42.6 Å². The van der Waals surface area contributed by atoms with Gasteiger partial charge in [-0.3, -0.25) is 15.0 Å². The summed E-state index contributed by atoms with van der Waals surface area (Å²) < 4.78 is 0. The van der Waals surface area contributed by atoms with Crippen molar-refractivity contribution in [1.82, 2.24) is 5.32 Å². The third-order valence-electron chi connectivity index (χ3n) is 3.05. The van der Waals surface area contributed by atoms with Crippen LogP contribution in [0.15, 0.2) is 33.7 Å². The number of benzene rings is 1. The molecule has 3 rings (SSSR count). The predicted octanol–water partition coefficient (Wildman–Crippen LogP) is 1.45. The number of rotatable bonds is 0. The summed E-state index contributed by atoms with van der Waals surface area (Å²) in [4.78, 5) is 12.7. The number of nitrogens with one attached hydrogen (secondary N) is 1. The maximum absolute atomic E-state index is 4.23. The normalized spacial score (nSPS) is 20.9. The zero-order valence-electron chi connectivity index (χ0n) is 9.78. The van der Waals surface area contributed by atoms with Gasteiger partial charge in [0.05, 0.1) is 5.70 Å². The van der Waals surface area contributed by atoms with Crippen LogP contribution in [0.2, 0.25) is 0 Å². The molecule has 0 spiro atoms. The van der Waals surface area contributed by atoms with Gasteiger partial charge in [-0.25, -0.2) is 0 Å². The lowest BCUT2D eigenvalue weighted by Crippen LogP contribution is -2.22. The number of hydrogen-bond donors (Lipinski definition) is 1. The van der Waals surface area contributed by atoms with Crippen LogP contribution in [0.1, 0.15) is 22.3 Å². The van der Waals surface area contributed by atoms with Crippen molar-refractivity contribution in [3.8, 4) is 0 Å². The van der Waals surface area contributed by atoms with E-state index in [-0.39, 0.29) is 0 Å². The molecule has 0 saturated carbocycles. The summed E-state index contributed by atoms with van der Waals surface area (Å²) in [6.07, 6.45) is 1.84. The summed E-state index contributed by atoms with van der Waals surface area (Å²) in [6, 6.07) is 4.16. The first-order valence-electron chi connectivity index (χ1n) is 5.37. The van der Waals surface area contributed by atoms with E-state index in [9.17, 15) is 0 Å². The zero-order valence-corrected chi connectivity index (χ0v) is 9.78. The molecule has 0 atom stereocenters. The van der Waals surface area contributed by atoms with Crippen molar-refractivity contribution in [2.45, 2.75) is 0 Å². The Bertz CT molecular complexity index is 621. The Labute approximate surface area is 99.5 Å². The molecule has 1 aromatic rings. The Kier molecular flexibility index (Phi) is 1.98. The number of hydrogen-bond acceptors (Lipinski definition) is 3. The highest BCUT2D eigenvalue weighted by atomic mass is 15.1. The van der Waals surface area contributed by atoms with Crippen molar-refractivity contribution >= 4 is 23.6 Å². The molecule has 2 aliphatic heterocycles. The summed E-state index contributed by atoms with van der Waals surface area (Å²) in [5.74, 6) is 1.71. The topological polar surface area (TPSA) is 49.1 Å². The van der Waals surface area contributed by atoms with Gasteiger partial charge in [-0.05, 0) is 12.1 Å². The van der Waals surface area contributed by atoms with E-state index in [0.717, 1.165) is 39.6 Å². The van der Waals surface area contributed by atoms with Crippen molar-refractivity contribution in [2.75, 3.05) is 14.1 Å². The fraction of sp³-hybridized carbons (Fsp3) is 0.154. The van der Waals surface area contributed by atoms with Gasteiger partial charge in [0.15, 0.2) is 0 Å². The summed E-state index contributed by atoms with van der Waals surface area (Å²) in [7, 11) is 3.54. The van der Waals surface area contributed by atoms with E-state index >= 15 is 0 Å². The number of fused-ring (bicyclic) bond motifs is 2. The highest BCUT2D eigenvalue weighted by Gasteiger charge is 2.25. The Hall–Kier alpha value is -2.23. The molecule has 2 heterocycles. The first-order valence-corrected chi connectivity index (χ1v) is 5.37. The molecule has 2 aliphatic rings. The van der Waals surface area contributed by atoms with Crippen LogP contribution in [-0.2, 0) is 0 Å². The monoisotopic (exact) mass is 224 g/mol. The van der Waals surface area contributed by atoms with Crippen molar-refractivity contribution in [2.24, 2.45) is 15.0 Å². The van der Waals surface area contributed by atoms with E-state index in [0.29, 0.717) is 0 Å². The molecular formula is C13H12N4. The molecular weight excluding hydrogens is 212 g/mol. The summed E-state index contributed by atoms with van der Waals surface area (Å²) in [6.45, 7) is 3.92. The van der Waals surface area contributed by atoms with E-state index in [4.69, 9.17) is 0 Å². The van der Waals surface area contributed by atoms with E-state index in [1.54, 1.807) is 14.1 Å². The van der Waals surface area contributed by atoms with Crippen molar-refractivity contribution < 1.29 is 0 Å². The Morgan fingerprint density at radius 2 is 1.71 bits per heavy atom. The van der Waals surface area contributed by atoms with Crippen LogP contribution in [0.5, 0.6) is 0 Å². The molecule has 0 radical (unpaired) electrons. The lowest BCUT2D eigenvalue weighted by Gasteiger charge is -2.03. The second kappa shape index (κ2) is 3.38. The van der Waals surface area contributed by atoms with Crippen molar-refractivity contribution in [3.05, 3.63) is 41.0 Å². The fourth-order valence-electron chi connectivity index (χ4n) is 2.18. The summed E-state index contributed by atoms with van der Waals surface area (Å²) in [5.41, 5.74) is 5.12. The SMILES string of the molecule is C=C1N=Cc2cc3c(cc21)/C(=N/C)N/C3=N\C. The maximum atomic E-state index is 4.23. The van der Waals surface area contributed by atoms with Crippen LogP contribution < -0.4 is 5.32 Å². The lowest BCUT2D eigenvalue weighted by molar-refractivity contribution is 1.29. The van der Waals surface area contributed by atoms with Crippen LogP contribution in [0.25, 0.3) is 5.70 Å². The first-order chi connectivity index (χ1) is 8.24. The maximum Gasteiger partial charge on any atom is 0.134 e. The molecule has 1 aromatic carbocycles. The second-order valence-electron chi connectivity index (χ2n) is 3.96. The van der Waals surface area contributed by atoms with E-state index in [1.807, 2.05) is 6.21 Å². The molecule has 84 valence electrons. The van der Waals surface area contributed by atoms with Gasteiger partial charge in [-0.1, -0.05) is 6.58 Å². The van der Waals surface area contributed by atoms with Crippen LogP contribution in [0.3, 0.4) is 0 Å². The number of amidine groups is 2.